The number of aryl methyl sites for hydroxylation is 1. The van der Waals surface area contributed by atoms with Gasteiger partial charge in [0.2, 0.25) is 0 Å². The first-order valence-electron chi connectivity index (χ1n) is 8.89. The van der Waals surface area contributed by atoms with Crippen molar-refractivity contribution in [2.45, 2.75) is 20.8 Å². The molecule has 138 valence electrons. The lowest BCUT2D eigenvalue weighted by molar-refractivity contribution is 0.102. The fourth-order valence-corrected chi connectivity index (χ4v) is 2.68. The average molecular weight is 361 g/mol. The number of hydrogen-bond donors (Lipinski definition) is 2. The maximum Gasteiger partial charge on any atom is 0.257 e. The molecule has 1 aromatic heterocycles. The molecule has 2 aromatic carbocycles. The van der Waals surface area contributed by atoms with Gasteiger partial charge in [0.15, 0.2) is 0 Å². The molecule has 5 heteroatoms. The highest BCUT2D eigenvalue weighted by atomic mass is 16.5. The van der Waals surface area contributed by atoms with Crippen molar-refractivity contribution in [3.8, 4) is 5.75 Å². The molecular weight excluding hydrogens is 338 g/mol. The van der Waals surface area contributed by atoms with Crippen LogP contribution in [-0.4, -0.2) is 17.5 Å². The quantitative estimate of drug-likeness (QED) is 0.642. The molecule has 0 fully saturated rings. The Morgan fingerprint density at radius 1 is 1.04 bits per heavy atom. The Balaban J connectivity index is 1.72. The van der Waals surface area contributed by atoms with Crippen LogP contribution in [0.1, 0.15) is 28.4 Å². The van der Waals surface area contributed by atoms with Gasteiger partial charge in [-0.05, 0) is 68.3 Å². The number of carbonyl (C=O) groups excluding carboxylic acids is 1. The third-order valence-corrected chi connectivity index (χ3v) is 4.31. The molecule has 0 spiro atoms. The number of pyridine rings is 1. The van der Waals surface area contributed by atoms with E-state index in [1.54, 1.807) is 18.5 Å². The first kappa shape index (κ1) is 18.5. The van der Waals surface area contributed by atoms with Crippen LogP contribution < -0.4 is 15.4 Å². The first-order chi connectivity index (χ1) is 13.1. The molecule has 0 saturated carbocycles. The van der Waals surface area contributed by atoms with E-state index in [2.05, 4.69) is 35.5 Å². The number of carbonyl (C=O) groups is 1. The second-order valence-corrected chi connectivity index (χ2v) is 6.25. The Bertz CT molecular complexity index is 937. The number of aromatic nitrogens is 1. The van der Waals surface area contributed by atoms with Crippen molar-refractivity contribution in [2.24, 2.45) is 0 Å². The molecule has 3 rings (SSSR count). The zero-order valence-corrected chi connectivity index (χ0v) is 15.7. The number of nitrogens with one attached hydrogen (secondary N) is 2. The largest absolute Gasteiger partial charge is 0.494 e. The lowest BCUT2D eigenvalue weighted by Gasteiger charge is -2.12. The number of amides is 1. The Morgan fingerprint density at radius 3 is 2.56 bits per heavy atom. The van der Waals surface area contributed by atoms with Crippen molar-refractivity contribution in [3.05, 3.63) is 77.6 Å². The summed E-state index contributed by atoms with van der Waals surface area (Å²) < 4.78 is 5.41. The molecule has 0 radical (unpaired) electrons. The molecule has 0 aliphatic rings. The highest BCUT2D eigenvalue weighted by molar-refractivity contribution is 6.04. The Kier molecular flexibility index (Phi) is 5.71. The summed E-state index contributed by atoms with van der Waals surface area (Å²) in [6, 6.07) is 15.2. The number of nitrogens with zero attached hydrogens (tertiary/aromatic N) is 1. The van der Waals surface area contributed by atoms with Crippen LogP contribution in [0.4, 0.5) is 17.1 Å². The normalized spacial score (nSPS) is 10.3. The van der Waals surface area contributed by atoms with Crippen LogP contribution in [0.25, 0.3) is 0 Å². The third-order valence-electron chi connectivity index (χ3n) is 4.31. The zero-order chi connectivity index (χ0) is 19.2. The van der Waals surface area contributed by atoms with Gasteiger partial charge in [-0.3, -0.25) is 9.78 Å². The van der Waals surface area contributed by atoms with E-state index in [9.17, 15) is 4.79 Å². The summed E-state index contributed by atoms with van der Waals surface area (Å²) in [5.41, 5.74) is 5.33. The molecule has 0 aliphatic carbocycles. The van der Waals surface area contributed by atoms with E-state index in [0.717, 1.165) is 17.1 Å². The monoisotopic (exact) mass is 361 g/mol. The van der Waals surface area contributed by atoms with Gasteiger partial charge in [0.1, 0.15) is 5.75 Å². The van der Waals surface area contributed by atoms with Gasteiger partial charge in [0.05, 0.1) is 24.1 Å². The summed E-state index contributed by atoms with van der Waals surface area (Å²) in [5.74, 6) is 0.563. The molecular formula is C22H23N3O2. The van der Waals surface area contributed by atoms with Crippen LogP contribution in [0, 0.1) is 13.8 Å². The van der Waals surface area contributed by atoms with Crippen LogP contribution in [0.5, 0.6) is 5.75 Å². The van der Waals surface area contributed by atoms with Crippen molar-refractivity contribution in [1.29, 1.82) is 0 Å². The molecule has 3 aromatic rings. The van der Waals surface area contributed by atoms with Gasteiger partial charge in [-0.25, -0.2) is 0 Å². The molecule has 5 nitrogen and oxygen atoms in total. The van der Waals surface area contributed by atoms with Crippen LogP contribution in [-0.2, 0) is 0 Å². The second-order valence-electron chi connectivity index (χ2n) is 6.25. The van der Waals surface area contributed by atoms with Gasteiger partial charge in [-0.1, -0.05) is 12.1 Å². The minimum absolute atomic E-state index is 0.212. The highest BCUT2D eigenvalue weighted by Crippen LogP contribution is 2.23. The number of benzene rings is 2. The van der Waals surface area contributed by atoms with Crippen LogP contribution in [0.15, 0.2) is 60.9 Å². The highest BCUT2D eigenvalue weighted by Gasteiger charge is 2.09. The maximum atomic E-state index is 12.5. The summed E-state index contributed by atoms with van der Waals surface area (Å²) in [6.07, 6.45) is 3.26. The molecule has 1 amide bonds. The third kappa shape index (κ3) is 4.64. The van der Waals surface area contributed by atoms with Crippen LogP contribution in [0.2, 0.25) is 0 Å². The molecule has 27 heavy (non-hydrogen) atoms. The smallest absolute Gasteiger partial charge is 0.257 e. The molecule has 0 atom stereocenters. The summed E-state index contributed by atoms with van der Waals surface area (Å²) in [6.45, 7) is 6.67. The average Bonchev–Trinajstić information content (AvgIpc) is 2.67. The summed E-state index contributed by atoms with van der Waals surface area (Å²) >= 11 is 0. The second kappa shape index (κ2) is 8.36. The SMILES string of the molecule is CCOc1ccc(NC(=O)c2cncc(Nc3cccc(C)c3C)c2)cc1. The van der Waals surface area contributed by atoms with Crippen LogP contribution >= 0.6 is 0 Å². The summed E-state index contributed by atoms with van der Waals surface area (Å²) in [4.78, 5) is 16.7. The molecule has 0 aliphatic heterocycles. The van der Waals surface area contributed by atoms with Gasteiger partial charge in [-0.15, -0.1) is 0 Å². The molecule has 1 heterocycles. The standard InChI is InChI=1S/C22H23N3O2/c1-4-27-20-10-8-18(9-11-20)25-22(26)17-12-19(14-23-13-17)24-21-7-5-6-15(2)16(21)3/h5-14,24H,4H2,1-3H3,(H,25,26). The fraction of sp³-hybridized carbons (Fsp3) is 0.182. The Morgan fingerprint density at radius 2 is 1.81 bits per heavy atom. The first-order valence-corrected chi connectivity index (χ1v) is 8.89. The van der Waals surface area contributed by atoms with E-state index >= 15 is 0 Å². The topological polar surface area (TPSA) is 63.2 Å². The molecule has 0 saturated heterocycles. The van der Waals surface area contributed by atoms with E-state index in [1.165, 1.54) is 11.1 Å². The van der Waals surface area contributed by atoms with E-state index in [4.69, 9.17) is 4.74 Å². The lowest BCUT2D eigenvalue weighted by atomic mass is 10.1. The lowest BCUT2D eigenvalue weighted by Crippen LogP contribution is -2.12. The number of rotatable bonds is 6. The van der Waals surface area contributed by atoms with E-state index in [-0.39, 0.29) is 5.91 Å². The number of anilines is 3. The number of ether oxygens (including phenoxy) is 1. The van der Waals surface area contributed by atoms with Crippen molar-refractivity contribution in [2.75, 3.05) is 17.2 Å². The van der Waals surface area contributed by atoms with Crippen molar-refractivity contribution in [3.63, 3.8) is 0 Å². The fourth-order valence-electron chi connectivity index (χ4n) is 2.68. The predicted molar refractivity (Wildman–Crippen MR) is 109 cm³/mol. The maximum absolute atomic E-state index is 12.5. The Labute approximate surface area is 159 Å². The molecule has 0 bridgehead atoms. The van der Waals surface area contributed by atoms with Gasteiger partial charge in [-0.2, -0.15) is 0 Å². The van der Waals surface area contributed by atoms with E-state index < -0.39 is 0 Å². The molecule has 0 unspecified atom stereocenters. The number of hydrogen-bond acceptors (Lipinski definition) is 4. The van der Waals surface area contributed by atoms with Crippen molar-refractivity contribution >= 4 is 23.0 Å². The Hall–Kier alpha value is -3.34. The van der Waals surface area contributed by atoms with Crippen molar-refractivity contribution < 1.29 is 9.53 Å². The minimum Gasteiger partial charge on any atom is -0.494 e. The van der Waals surface area contributed by atoms with Gasteiger partial charge in [0.25, 0.3) is 5.91 Å². The van der Waals surface area contributed by atoms with Crippen LogP contribution in [0.3, 0.4) is 0 Å². The minimum atomic E-state index is -0.212. The zero-order valence-electron chi connectivity index (χ0n) is 15.7. The van der Waals surface area contributed by atoms with Gasteiger partial charge >= 0.3 is 0 Å². The summed E-state index contributed by atoms with van der Waals surface area (Å²) in [5, 5.41) is 6.21. The predicted octanol–water partition coefficient (Wildman–Crippen LogP) is 5.09. The summed E-state index contributed by atoms with van der Waals surface area (Å²) in [7, 11) is 0. The molecule has 2 N–H and O–H groups in total. The van der Waals surface area contributed by atoms with Crippen molar-refractivity contribution in [1.82, 2.24) is 4.98 Å². The van der Waals surface area contributed by atoms with Gasteiger partial charge < -0.3 is 15.4 Å². The van der Waals surface area contributed by atoms with E-state index in [1.807, 2.05) is 43.3 Å². The van der Waals surface area contributed by atoms with Gasteiger partial charge in [0, 0.05) is 17.6 Å². The van der Waals surface area contributed by atoms with E-state index in [0.29, 0.717) is 17.9 Å².